The van der Waals surface area contributed by atoms with Crippen molar-refractivity contribution in [1.82, 2.24) is 10.5 Å². The number of ether oxygens (including phenoxy) is 1. The van der Waals surface area contributed by atoms with Crippen molar-refractivity contribution in [3.8, 4) is 11.3 Å². The molecule has 0 spiro atoms. The quantitative estimate of drug-likeness (QED) is 0.403. The first-order valence-electron chi connectivity index (χ1n) is 10.0. The smallest absolute Gasteiger partial charge is 0.338 e. The second-order valence-corrected chi connectivity index (χ2v) is 7.14. The molecule has 0 atom stereocenters. The molecule has 0 aliphatic rings. The Balaban J connectivity index is 1.31. The van der Waals surface area contributed by atoms with E-state index < -0.39 is 42.6 Å². The van der Waals surface area contributed by atoms with Crippen LogP contribution >= 0.6 is 0 Å². The lowest BCUT2D eigenvalue weighted by Gasteiger charge is -2.08. The first-order valence-corrected chi connectivity index (χ1v) is 10.0. The maximum Gasteiger partial charge on any atom is 0.338 e. The number of carbonyl (C=O) groups is 3. The van der Waals surface area contributed by atoms with E-state index >= 15 is 0 Å². The first kappa shape index (κ1) is 22.6. The lowest BCUT2D eigenvalue weighted by atomic mass is 10.1. The number of rotatable bonds is 7. The highest BCUT2D eigenvalue weighted by Gasteiger charge is 2.16. The molecular weight excluding hydrogens is 448 g/mol. The summed E-state index contributed by atoms with van der Waals surface area (Å²) in [5, 5.41) is 9.17. The predicted octanol–water partition coefficient (Wildman–Crippen LogP) is 3.68. The van der Waals surface area contributed by atoms with Crippen LogP contribution in [0, 0.1) is 11.6 Å². The number of carbonyl (C=O) groups excluding carboxylic acids is 3. The van der Waals surface area contributed by atoms with Crippen LogP contribution in [0.4, 0.5) is 14.5 Å². The Bertz CT molecular complexity index is 1370. The first-order chi connectivity index (χ1) is 16.4. The Labute approximate surface area is 191 Å². The van der Waals surface area contributed by atoms with Gasteiger partial charge in [-0.25, -0.2) is 13.6 Å². The van der Waals surface area contributed by atoms with Crippen LogP contribution < -0.4 is 10.6 Å². The van der Waals surface area contributed by atoms with Gasteiger partial charge in [-0.3, -0.25) is 9.59 Å². The van der Waals surface area contributed by atoms with Gasteiger partial charge in [0.25, 0.3) is 5.91 Å². The third-order valence-corrected chi connectivity index (χ3v) is 4.73. The van der Waals surface area contributed by atoms with Gasteiger partial charge in [-0.15, -0.1) is 0 Å². The molecule has 0 aliphatic carbocycles. The topological polar surface area (TPSA) is 111 Å². The molecule has 0 unspecified atom stereocenters. The number of esters is 1. The predicted molar refractivity (Wildman–Crippen MR) is 118 cm³/mol. The van der Waals surface area contributed by atoms with Crippen molar-refractivity contribution in [2.75, 3.05) is 18.5 Å². The van der Waals surface area contributed by atoms with Crippen LogP contribution in [0.2, 0.25) is 0 Å². The van der Waals surface area contributed by atoms with E-state index in [0.717, 1.165) is 17.7 Å². The number of benzene rings is 3. The van der Waals surface area contributed by atoms with Crippen molar-refractivity contribution in [3.63, 3.8) is 0 Å². The summed E-state index contributed by atoms with van der Waals surface area (Å²) in [6.07, 6.45) is 0. The Morgan fingerprint density at radius 2 is 1.71 bits per heavy atom. The fourth-order valence-electron chi connectivity index (χ4n) is 3.09. The number of fused-ring (bicyclic) bond motifs is 1. The average molecular weight is 465 g/mol. The summed E-state index contributed by atoms with van der Waals surface area (Å²) < 4.78 is 36.5. The Morgan fingerprint density at radius 3 is 2.47 bits per heavy atom. The van der Waals surface area contributed by atoms with E-state index in [1.807, 2.05) is 30.3 Å². The van der Waals surface area contributed by atoms with Crippen LogP contribution in [0.25, 0.3) is 22.2 Å². The SMILES string of the molecule is O=C(COC(=O)c1ccc2noc(-c3ccccc3)c2c1)NCC(=O)Nc1ccc(F)c(F)c1. The number of amides is 2. The zero-order chi connectivity index (χ0) is 24.1. The van der Waals surface area contributed by atoms with Gasteiger partial charge in [0.05, 0.1) is 17.5 Å². The number of aromatic nitrogens is 1. The van der Waals surface area contributed by atoms with E-state index in [0.29, 0.717) is 16.7 Å². The summed E-state index contributed by atoms with van der Waals surface area (Å²) >= 11 is 0. The van der Waals surface area contributed by atoms with E-state index in [9.17, 15) is 23.2 Å². The fourth-order valence-corrected chi connectivity index (χ4v) is 3.09. The zero-order valence-electron chi connectivity index (χ0n) is 17.5. The van der Waals surface area contributed by atoms with E-state index in [-0.39, 0.29) is 11.3 Å². The van der Waals surface area contributed by atoms with Gasteiger partial charge in [0.1, 0.15) is 5.52 Å². The van der Waals surface area contributed by atoms with Gasteiger partial charge < -0.3 is 19.9 Å². The Hall–Kier alpha value is -4.60. The minimum absolute atomic E-state index is 0.0311. The minimum atomic E-state index is -1.12. The largest absolute Gasteiger partial charge is 0.452 e. The molecule has 8 nitrogen and oxygen atoms in total. The summed E-state index contributed by atoms with van der Waals surface area (Å²) in [7, 11) is 0. The van der Waals surface area contributed by atoms with Crippen LogP contribution in [-0.2, 0) is 14.3 Å². The number of hydrogen-bond donors (Lipinski definition) is 2. The van der Waals surface area contributed by atoms with Crippen LogP contribution in [0.1, 0.15) is 10.4 Å². The molecule has 1 heterocycles. The molecule has 0 saturated carbocycles. The molecule has 2 amide bonds. The van der Waals surface area contributed by atoms with E-state index in [1.165, 1.54) is 12.1 Å². The van der Waals surface area contributed by atoms with Gasteiger partial charge in [-0.1, -0.05) is 35.5 Å². The zero-order valence-corrected chi connectivity index (χ0v) is 17.5. The molecule has 0 aliphatic heterocycles. The fraction of sp³-hybridized carbons (Fsp3) is 0.0833. The van der Waals surface area contributed by atoms with Gasteiger partial charge in [0.2, 0.25) is 5.91 Å². The van der Waals surface area contributed by atoms with Gasteiger partial charge >= 0.3 is 5.97 Å². The van der Waals surface area contributed by atoms with Gasteiger partial charge in [0, 0.05) is 17.3 Å². The monoisotopic (exact) mass is 465 g/mol. The number of nitrogens with zero attached hydrogens (tertiary/aromatic N) is 1. The lowest BCUT2D eigenvalue weighted by molar-refractivity contribution is -0.126. The molecule has 172 valence electrons. The van der Waals surface area contributed by atoms with Crippen molar-refractivity contribution in [3.05, 3.63) is 83.9 Å². The second kappa shape index (κ2) is 9.90. The number of hydrogen-bond acceptors (Lipinski definition) is 6. The maximum atomic E-state index is 13.2. The van der Waals surface area contributed by atoms with E-state index in [2.05, 4.69) is 15.8 Å². The number of halogens is 2. The van der Waals surface area contributed by atoms with Crippen LogP contribution in [-0.4, -0.2) is 36.1 Å². The van der Waals surface area contributed by atoms with Crippen LogP contribution in [0.5, 0.6) is 0 Å². The van der Waals surface area contributed by atoms with Crippen molar-refractivity contribution in [1.29, 1.82) is 0 Å². The van der Waals surface area contributed by atoms with Crippen LogP contribution in [0.3, 0.4) is 0 Å². The molecule has 0 radical (unpaired) electrons. The molecular formula is C24H17F2N3O5. The highest BCUT2D eigenvalue weighted by atomic mass is 19.2. The maximum absolute atomic E-state index is 13.2. The normalized spacial score (nSPS) is 10.6. The molecule has 1 aromatic heterocycles. The minimum Gasteiger partial charge on any atom is -0.452 e. The number of nitrogens with one attached hydrogen (secondary N) is 2. The Morgan fingerprint density at radius 1 is 0.912 bits per heavy atom. The van der Waals surface area contributed by atoms with Crippen molar-refractivity contribution < 1.29 is 32.4 Å². The molecule has 3 aromatic carbocycles. The molecule has 2 N–H and O–H groups in total. The summed E-state index contributed by atoms with van der Waals surface area (Å²) in [6, 6.07) is 16.8. The molecule has 0 saturated heterocycles. The van der Waals surface area contributed by atoms with Crippen molar-refractivity contribution in [2.45, 2.75) is 0 Å². The second-order valence-electron chi connectivity index (χ2n) is 7.14. The molecule has 34 heavy (non-hydrogen) atoms. The molecule has 4 rings (SSSR count). The van der Waals surface area contributed by atoms with Crippen LogP contribution in [0.15, 0.2) is 71.3 Å². The summed E-state index contributed by atoms with van der Waals surface area (Å²) in [4.78, 5) is 36.2. The van der Waals surface area contributed by atoms with Crippen molar-refractivity contribution in [2.24, 2.45) is 0 Å². The molecule has 4 aromatic rings. The number of anilines is 1. The molecule has 0 bridgehead atoms. The highest BCUT2D eigenvalue weighted by molar-refractivity contribution is 5.99. The summed E-state index contributed by atoms with van der Waals surface area (Å²) in [6.45, 7) is -1.08. The average Bonchev–Trinajstić information content (AvgIpc) is 3.27. The van der Waals surface area contributed by atoms with Gasteiger partial charge in [-0.05, 0) is 30.3 Å². The lowest BCUT2D eigenvalue weighted by Crippen LogP contribution is -2.35. The summed E-state index contributed by atoms with van der Waals surface area (Å²) in [5.74, 6) is -3.80. The third-order valence-electron chi connectivity index (χ3n) is 4.73. The third kappa shape index (κ3) is 5.23. The van der Waals surface area contributed by atoms with E-state index in [4.69, 9.17) is 9.26 Å². The summed E-state index contributed by atoms with van der Waals surface area (Å²) in [5.41, 5.74) is 1.57. The van der Waals surface area contributed by atoms with Crippen molar-refractivity contribution >= 4 is 34.4 Å². The molecule has 10 heteroatoms. The van der Waals surface area contributed by atoms with E-state index in [1.54, 1.807) is 12.1 Å². The van der Waals surface area contributed by atoms with Gasteiger partial charge in [-0.2, -0.15) is 0 Å². The highest BCUT2D eigenvalue weighted by Crippen LogP contribution is 2.29. The Kier molecular flexibility index (Phi) is 6.58. The van der Waals surface area contributed by atoms with Gasteiger partial charge in [0.15, 0.2) is 24.0 Å². The molecule has 0 fully saturated rings. The standard InChI is InChI=1S/C24H17F2N3O5/c25-18-8-7-16(11-19(18)26)28-21(30)12-27-22(31)13-33-24(32)15-6-9-20-17(10-15)23(34-29-20)14-4-2-1-3-5-14/h1-11H,12-13H2,(H,27,31)(H,28,30).